The van der Waals surface area contributed by atoms with Crippen LogP contribution in [0.3, 0.4) is 0 Å². The van der Waals surface area contributed by atoms with Gasteiger partial charge in [0.15, 0.2) is 0 Å². The molecule has 4 rings (SSSR count). The third-order valence-electron chi connectivity index (χ3n) is 6.99. The van der Waals surface area contributed by atoms with Gasteiger partial charge in [0.2, 0.25) is 0 Å². The minimum Gasteiger partial charge on any atom is -1.00 e. The molecule has 0 bridgehead atoms. The van der Waals surface area contributed by atoms with Crippen molar-refractivity contribution in [2.75, 3.05) is 0 Å². The molecule has 0 heterocycles. The zero-order valence-corrected chi connectivity index (χ0v) is 24.5. The van der Waals surface area contributed by atoms with E-state index in [1.165, 1.54) is 67.2 Å². The Morgan fingerprint density at radius 1 is 0.882 bits per heavy atom. The smallest absolute Gasteiger partial charge is 1.00 e. The Morgan fingerprint density at radius 2 is 1.41 bits per heavy atom. The maximum Gasteiger partial charge on any atom is -1.00 e. The summed E-state index contributed by atoms with van der Waals surface area (Å²) in [4.78, 5) is 0. The van der Waals surface area contributed by atoms with E-state index < -0.39 is 21.3 Å². The van der Waals surface area contributed by atoms with E-state index in [0.29, 0.717) is 3.63 Å². The van der Waals surface area contributed by atoms with E-state index >= 15 is 0 Å². The van der Waals surface area contributed by atoms with E-state index in [1.807, 2.05) is 15.4 Å². The number of halogens is 2. The maximum atomic E-state index is 4.03. The summed E-state index contributed by atoms with van der Waals surface area (Å²) < 4.78 is 4.34. The first-order valence-corrected chi connectivity index (χ1v) is 16.2. The van der Waals surface area contributed by atoms with E-state index in [4.69, 9.17) is 0 Å². The normalized spacial score (nSPS) is 13.0. The molecule has 0 spiro atoms. The Hall–Kier alpha value is -1.27. The van der Waals surface area contributed by atoms with E-state index in [-0.39, 0.29) is 24.8 Å². The van der Waals surface area contributed by atoms with E-state index in [9.17, 15) is 0 Å². The molecule has 0 radical (unpaired) electrons. The summed E-state index contributed by atoms with van der Waals surface area (Å²) in [6.45, 7) is 12.7. The van der Waals surface area contributed by atoms with Crippen LogP contribution in [0.15, 0.2) is 71.1 Å². The second-order valence-corrected chi connectivity index (χ2v) is 15.9. The molecule has 34 heavy (non-hydrogen) atoms. The van der Waals surface area contributed by atoms with Gasteiger partial charge in [-0.1, -0.05) is 0 Å². The van der Waals surface area contributed by atoms with Crippen molar-refractivity contribution >= 4 is 15.4 Å². The Balaban J connectivity index is 0.00000204. The van der Waals surface area contributed by atoms with Crippen molar-refractivity contribution in [2.24, 2.45) is 0 Å². The van der Waals surface area contributed by atoms with Gasteiger partial charge in [-0.2, -0.15) is 0 Å². The first-order chi connectivity index (χ1) is 15.7. The monoisotopic (exact) mass is 568 g/mol. The van der Waals surface area contributed by atoms with Crippen molar-refractivity contribution in [2.45, 2.75) is 62.4 Å². The molecular formula is C31H36Cl2Zr. The molecule has 0 aliphatic heterocycles. The third-order valence-corrected chi connectivity index (χ3v) is 15.7. The standard InChI is InChI=1S/C17H13.C9H18.C5H5.2ClH.Zr/c1-3-12-5-7-14-11-15-8-6-13(4-2)10-17(15)16(14)9-12;1-3-5-7-9-8-6-4-2;1-2-4-5-3-1;;;/h3-11H,1-2H2;3-8H2,1-2H3;1-3H,4H2;2*1H;/q;;;;;+2/p-2. The van der Waals surface area contributed by atoms with Gasteiger partial charge in [0.25, 0.3) is 0 Å². The topological polar surface area (TPSA) is 0 Å². The van der Waals surface area contributed by atoms with Crippen LogP contribution >= 0.6 is 0 Å². The van der Waals surface area contributed by atoms with Crippen LogP contribution in [0, 0.1) is 0 Å². The molecule has 178 valence electrons. The van der Waals surface area contributed by atoms with Gasteiger partial charge < -0.3 is 24.8 Å². The number of fused-ring (bicyclic) bond motifs is 3. The van der Waals surface area contributed by atoms with E-state index in [0.717, 1.165) is 0 Å². The fraction of sp³-hybridized carbons (Fsp3) is 0.323. The first kappa shape index (κ1) is 29.0. The number of hydrogen-bond donors (Lipinski definition) is 0. The Bertz CT molecular complexity index is 1050. The summed E-state index contributed by atoms with van der Waals surface area (Å²) in [5, 5.41) is 0. The van der Waals surface area contributed by atoms with Crippen molar-refractivity contribution in [1.29, 1.82) is 0 Å². The van der Waals surface area contributed by atoms with Gasteiger partial charge in [0, 0.05) is 0 Å². The number of unbranched alkanes of at least 4 members (excludes halogenated alkanes) is 2. The van der Waals surface area contributed by atoms with Crippen LogP contribution in [0.5, 0.6) is 0 Å². The largest absolute Gasteiger partial charge is 1.00 e. The van der Waals surface area contributed by atoms with Crippen LogP contribution in [0.1, 0.15) is 84.7 Å². The summed E-state index contributed by atoms with van der Waals surface area (Å²) in [6, 6.07) is 14.1. The molecule has 2 aromatic carbocycles. The van der Waals surface area contributed by atoms with Crippen molar-refractivity contribution in [3.05, 3.63) is 93.3 Å². The van der Waals surface area contributed by atoms with Crippen LogP contribution in [0.4, 0.5) is 0 Å². The molecule has 0 nitrogen and oxygen atoms in total. The number of allylic oxidation sites excluding steroid dienone is 4. The first-order valence-electron chi connectivity index (χ1n) is 12.3. The number of hydrogen-bond acceptors (Lipinski definition) is 0. The van der Waals surface area contributed by atoms with Crippen LogP contribution in [-0.4, -0.2) is 3.21 Å². The van der Waals surface area contributed by atoms with Crippen LogP contribution < -0.4 is 24.8 Å². The second-order valence-electron chi connectivity index (χ2n) is 9.08. The Morgan fingerprint density at radius 3 is 1.82 bits per heavy atom. The molecule has 2 aliphatic rings. The second kappa shape index (κ2) is 13.7. The van der Waals surface area contributed by atoms with Crippen molar-refractivity contribution in [3.8, 4) is 11.1 Å². The summed E-state index contributed by atoms with van der Waals surface area (Å²) >= 11 is -2.15. The fourth-order valence-corrected chi connectivity index (χ4v) is 14.8. The zero-order chi connectivity index (χ0) is 22.5. The summed E-state index contributed by atoms with van der Waals surface area (Å²) in [6.07, 6.45) is 20.2. The Kier molecular flexibility index (Phi) is 11.7. The summed E-state index contributed by atoms with van der Waals surface area (Å²) in [7, 11) is 0. The van der Waals surface area contributed by atoms with Crippen LogP contribution in [-0.2, 0) is 21.3 Å². The SMILES string of the molecule is C=Cc1ccc2c(c1)-c1cc(C=C)ccc1[CH]2[Zr+2]([C]1=CC=CC1)=[C](CCCC)CCCC.[Cl-].[Cl-]. The minimum atomic E-state index is -2.15. The van der Waals surface area contributed by atoms with E-state index in [2.05, 4.69) is 81.6 Å². The average molecular weight is 571 g/mol. The fourth-order valence-electron chi connectivity index (χ4n) is 5.29. The molecule has 0 N–H and O–H groups in total. The molecule has 0 fully saturated rings. The zero-order valence-electron chi connectivity index (χ0n) is 20.5. The number of rotatable bonds is 10. The van der Waals surface area contributed by atoms with Gasteiger partial charge in [0.05, 0.1) is 0 Å². The quantitative estimate of drug-likeness (QED) is 0.412. The van der Waals surface area contributed by atoms with Crippen LogP contribution in [0.2, 0.25) is 0 Å². The molecular weight excluding hydrogens is 534 g/mol. The molecule has 3 heteroatoms. The molecule has 0 saturated heterocycles. The molecule has 0 unspecified atom stereocenters. The number of benzene rings is 2. The molecule has 0 amide bonds. The minimum absolute atomic E-state index is 0. The Labute approximate surface area is 226 Å². The molecule has 2 aromatic rings. The van der Waals surface area contributed by atoms with Crippen molar-refractivity contribution < 1.29 is 46.1 Å². The van der Waals surface area contributed by atoms with Gasteiger partial charge in [-0.25, -0.2) is 0 Å². The van der Waals surface area contributed by atoms with Crippen LogP contribution in [0.25, 0.3) is 23.3 Å². The summed E-state index contributed by atoms with van der Waals surface area (Å²) in [5.41, 5.74) is 8.43. The summed E-state index contributed by atoms with van der Waals surface area (Å²) in [5.74, 6) is 0. The van der Waals surface area contributed by atoms with Gasteiger partial charge >= 0.3 is 203 Å². The van der Waals surface area contributed by atoms with Gasteiger partial charge in [-0.15, -0.1) is 0 Å². The predicted octanol–water partition coefficient (Wildman–Crippen LogP) is 3.07. The van der Waals surface area contributed by atoms with Gasteiger partial charge in [-0.3, -0.25) is 0 Å². The maximum absolute atomic E-state index is 4.03. The molecule has 0 saturated carbocycles. The van der Waals surface area contributed by atoms with Crippen molar-refractivity contribution in [3.63, 3.8) is 0 Å². The van der Waals surface area contributed by atoms with Gasteiger partial charge in [-0.05, 0) is 0 Å². The average Bonchev–Trinajstić information content (AvgIpc) is 3.47. The molecule has 2 aliphatic carbocycles. The third kappa shape index (κ3) is 5.92. The van der Waals surface area contributed by atoms with Gasteiger partial charge in [0.1, 0.15) is 0 Å². The molecule has 0 atom stereocenters. The molecule has 0 aromatic heterocycles. The predicted molar refractivity (Wildman–Crippen MR) is 140 cm³/mol. The van der Waals surface area contributed by atoms with E-state index in [1.54, 1.807) is 14.4 Å². The van der Waals surface area contributed by atoms with Crippen molar-refractivity contribution in [1.82, 2.24) is 0 Å².